The number of hydrogen-bond donors (Lipinski definition) is 0. The van der Waals surface area contributed by atoms with Crippen LogP contribution in [-0.4, -0.2) is 10.8 Å². The molecule has 2 aromatic carbocycles. The summed E-state index contributed by atoms with van der Waals surface area (Å²) in [5, 5.41) is 9.63. The molecule has 0 saturated carbocycles. The van der Waals surface area contributed by atoms with Gasteiger partial charge in [0.05, 0.1) is 17.7 Å². The first-order chi connectivity index (χ1) is 12.3. The molecule has 4 nitrogen and oxygen atoms in total. The second-order valence-electron chi connectivity index (χ2n) is 5.83. The molecule has 0 N–H and O–H groups in total. The van der Waals surface area contributed by atoms with Crippen molar-refractivity contribution in [3.63, 3.8) is 0 Å². The van der Waals surface area contributed by atoms with Crippen LogP contribution < -0.4 is 4.74 Å². The number of carbonyl (C=O) groups excluding carboxylic acids is 1. The van der Waals surface area contributed by atoms with E-state index in [0.717, 1.165) is 11.1 Å². The van der Waals surface area contributed by atoms with Gasteiger partial charge in [0.25, 0.3) is 0 Å². The number of carbonyl (C=O) groups is 1. The fourth-order valence-corrected chi connectivity index (χ4v) is 3.21. The average Bonchev–Trinajstić information content (AvgIpc) is 2.67. The molecule has 1 aliphatic rings. The summed E-state index contributed by atoms with van der Waals surface area (Å²) < 4.78 is 5.93. The molecule has 1 aliphatic heterocycles. The third-order valence-corrected chi connectivity index (χ3v) is 4.36. The number of para-hydroxylation sites is 2. The van der Waals surface area contributed by atoms with Crippen molar-refractivity contribution in [3.8, 4) is 17.6 Å². The molecule has 1 aromatic heterocycles. The van der Waals surface area contributed by atoms with Gasteiger partial charge in [0.2, 0.25) is 0 Å². The molecule has 0 saturated heterocycles. The van der Waals surface area contributed by atoms with Gasteiger partial charge in [-0.05, 0) is 24.3 Å². The monoisotopic (exact) mass is 326 g/mol. The molecule has 1 atom stereocenters. The van der Waals surface area contributed by atoms with Crippen LogP contribution in [-0.2, 0) is 4.79 Å². The largest absolute Gasteiger partial charge is 0.457 e. The third kappa shape index (κ3) is 2.56. The summed E-state index contributed by atoms with van der Waals surface area (Å²) >= 11 is 0. The van der Waals surface area contributed by atoms with Gasteiger partial charge < -0.3 is 4.74 Å². The van der Waals surface area contributed by atoms with E-state index in [9.17, 15) is 10.1 Å². The Kier molecular flexibility index (Phi) is 3.75. The molecular formula is C21H14N2O2. The molecule has 0 aliphatic carbocycles. The first-order valence-corrected chi connectivity index (χ1v) is 7.99. The summed E-state index contributed by atoms with van der Waals surface area (Å²) in [4.78, 5) is 17.5. The van der Waals surface area contributed by atoms with Crippen LogP contribution in [0.1, 0.15) is 28.7 Å². The SMILES string of the molecule is N#C[C@@H](C(=O)C1c2ccccc2Oc2ccccc21)c1ccccn1. The minimum Gasteiger partial charge on any atom is -0.457 e. The van der Waals surface area contributed by atoms with Crippen molar-refractivity contribution in [3.05, 3.63) is 89.7 Å². The van der Waals surface area contributed by atoms with Crippen molar-refractivity contribution in [1.82, 2.24) is 4.98 Å². The van der Waals surface area contributed by atoms with E-state index < -0.39 is 11.8 Å². The van der Waals surface area contributed by atoms with Crippen molar-refractivity contribution in [2.24, 2.45) is 0 Å². The molecule has 0 radical (unpaired) electrons. The number of hydrogen-bond acceptors (Lipinski definition) is 4. The van der Waals surface area contributed by atoms with Gasteiger partial charge in [-0.15, -0.1) is 0 Å². The quantitative estimate of drug-likeness (QED) is 0.724. The van der Waals surface area contributed by atoms with Crippen molar-refractivity contribution >= 4 is 5.78 Å². The summed E-state index contributed by atoms with van der Waals surface area (Å²) in [6.45, 7) is 0. The van der Waals surface area contributed by atoms with Crippen molar-refractivity contribution in [2.45, 2.75) is 11.8 Å². The predicted octanol–water partition coefficient (Wildman–Crippen LogP) is 4.20. The van der Waals surface area contributed by atoms with Crippen molar-refractivity contribution in [1.29, 1.82) is 5.26 Å². The Morgan fingerprint density at radius 2 is 1.56 bits per heavy atom. The topological polar surface area (TPSA) is 63.0 Å². The number of fused-ring (bicyclic) bond motifs is 2. The zero-order valence-electron chi connectivity index (χ0n) is 13.3. The lowest BCUT2D eigenvalue weighted by Crippen LogP contribution is -2.24. The molecule has 2 heterocycles. The summed E-state index contributed by atoms with van der Waals surface area (Å²) in [5.74, 6) is -0.364. The van der Waals surface area contributed by atoms with E-state index in [4.69, 9.17) is 4.74 Å². The Morgan fingerprint density at radius 3 is 2.12 bits per heavy atom. The Hall–Kier alpha value is -3.45. The van der Waals surface area contributed by atoms with Gasteiger partial charge in [0, 0.05) is 17.3 Å². The minimum atomic E-state index is -0.926. The van der Waals surface area contributed by atoms with Crippen molar-refractivity contribution in [2.75, 3.05) is 0 Å². The number of rotatable bonds is 3. The van der Waals surface area contributed by atoms with Crippen LogP contribution in [0.3, 0.4) is 0 Å². The first-order valence-electron chi connectivity index (χ1n) is 7.99. The highest BCUT2D eigenvalue weighted by Crippen LogP contribution is 2.45. The van der Waals surface area contributed by atoms with Gasteiger partial charge in [-0.3, -0.25) is 9.78 Å². The molecule has 25 heavy (non-hydrogen) atoms. The van der Waals surface area contributed by atoms with E-state index in [0.29, 0.717) is 17.2 Å². The fraction of sp³-hybridized carbons (Fsp3) is 0.0952. The smallest absolute Gasteiger partial charge is 0.168 e. The summed E-state index contributed by atoms with van der Waals surface area (Å²) in [6, 6.07) is 22.3. The van der Waals surface area contributed by atoms with Gasteiger partial charge in [0.15, 0.2) is 5.78 Å². The molecule has 0 bridgehead atoms. The minimum absolute atomic E-state index is 0.190. The average molecular weight is 326 g/mol. The van der Waals surface area contributed by atoms with Crippen LogP contribution in [0.4, 0.5) is 0 Å². The number of nitrogens with zero attached hydrogens (tertiary/aromatic N) is 2. The maximum Gasteiger partial charge on any atom is 0.168 e. The van der Waals surface area contributed by atoms with Crippen LogP contribution in [0.5, 0.6) is 11.5 Å². The van der Waals surface area contributed by atoms with E-state index in [-0.39, 0.29) is 5.78 Å². The van der Waals surface area contributed by atoms with E-state index in [1.807, 2.05) is 48.5 Å². The summed E-state index contributed by atoms with van der Waals surface area (Å²) in [6.07, 6.45) is 1.60. The van der Waals surface area contributed by atoms with Gasteiger partial charge in [0.1, 0.15) is 17.4 Å². The van der Waals surface area contributed by atoms with Crippen molar-refractivity contribution < 1.29 is 9.53 Å². The molecule has 3 aromatic rings. The highest BCUT2D eigenvalue weighted by molar-refractivity contribution is 5.97. The molecule has 0 amide bonds. The Labute approximate surface area is 145 Å². The standard InChI is InChI=1S/C21H14N2O2/c22-13-16(17-9-5-6-12-23-17)21(24)20-14-7-1-3-10-18(14)25-19-11-4-2-8-15(19)20/h1-12,16,20H/t16-/m1/s1. The van der Waals surface area contributed by atoms with E-state index in [1.165, 1.54) is 0 Å². The van der Waals surface area contributed by atoms with E-state index >= 15 is 0 Å². The number of Topliss-reactive ketones (excluding diaryl/α,β-unsaturated/α-hetero) is 1. The predicted molar refractivity (Wildman–Crippen MR) is 92.4 cm³/mol. The number of pyridine rings is 1. The van der Waals surface area contributed by atoms with Gasteiger partial charge >= 0.3 is 0 Å². The highest BCUT2D eigenvalue weighted by Gasteiger charge is 2.37. The first kappa shape index (κ1) is 15.1. The van der Waals surface area contributed by atoms with Gasteiger partial charge in [-0.1, -0.05) is 42.5 Å². The van der Waals surface area contributed by atoms with Crippen LogP contribution >= 0.6 is 0 Å². The molecule has 120 valence electrons. The fourth-order valence-electron chi connectivity index (χ4n) is 3.21. The number of nitriles is 1. The number of benzene rings is 2. The molecule has 4 rings (SSSR count). The lowest BCUT2D eigenvalue weighted by atomic mass is 9.79. The Bertz CT molecular complexity index is 931. The second kappa shape index (κ2) is 6.21. The number of ether oxygens (including phenoxy) is 1. The maximum atomic E-state index is 13.3. The van der Waals surface area contributed by atoms with E-state index in [2.05, 4.69) is 11.1 Å². The number of aromatic nitrogens is 1. The summed E-state index contributed by atoms with van der Waals surface area (Å²) in [7, 11) is 0. The molecule has 0 fully saturated rings. The lowest BCUT2D eigenvalue weighted by Gasteiger charge is -2.28. The maximum absolute atomic E-state index is 13.3. The van der Waals surface area contributed by atoms with Crippen LogP contribution in [0.15, 0.2) is 72.9 Å². The molecular weight excluding hydrogens is 312 g/mol. The Morgan fingerprint density at radius 1 is 0.960 bits per heavy atom. The molecule has 0 unspecified atom stereocenters. The molecule has 0 spiro atoms. The van der Waals surface area contributed by atoms with Crippen LogP contribution in [0, 0.1) is 11.3 Å². The lowest BCUT2D eigenvalue weighted by molar-refractivity contribution is -0.120. The molecule has 4 heteroatoms. The third-order valence-electron chi connectivity index (χ3n) is 4.36. The number of ketones is 1. The zero-order valence-corrected chi connectivity index (χ0v) is 13.3. The van der Waals surface area contributed by atoms with E-state index in [1.54, 1.807) is 24.4 Å². The Balaban J connectivity index is 1.85. The second-order valence-corrected chi connectivity index (χ2v) is 5.83. The van der Waals surface area contributed by atoms with Crippen LogP contribution in [0.2, 0.25) is 0 Å². The highest BCUT2D eigenvalue weighted by atomic mass is 16.5. The normalized spacial score (nSPS) is 13.7. The van der Waals surface area contributed by atoms with Crippen LogP contribution in [0.25, 0.3) is 0 Å². The van der Waals surface area contributed by atoms with Gasteiger partial charge in [-0.2, -0.15) is 5.26 Å². The van der Waals surface area contributed by atoms with Gasteiger partial charge in [-0.25, -0.2) is 0 Å². The zero-order chi connectivity index (χ0) is 17.2. The summed E-state index contributed by atoms with van der Waals surface area (Å²) in [5.41, 5.74) is 2.03.